The minimum atomic E-state index is -2.53. The zero-order valence-corrected chi connectivity index (χ0v) is 19.8. The SMILES string of the molecule is Cc1cc2c(c(C)n1)CC[C@H]2NC(=O)c1cn(Cc2cnc(N3CC4C(C3)C4(F)F)nc2C)nn1. The van der Waals surface area contributed by atoms with Crippen molar-refractivity contribution in [2.75, 3.05) is 18.0 Å². The summed E-state index contributed by atoms with van der Waals surface area (Å²) in [6.07, 6.45) is 5.02. The number of rotatable bonds is 5. The number of aryl methyl sites for hydroxylation is 3. The lowest BCUT2D eigenvalue weighted by Gasteiger charge is -2.20. The Morgan fingerprint density at radius 1 is 1.17 bits per heavy atom. The van der Waals surface area contributed by atoms with Gasteiger partial charge in [0.25, 0.3) is 11.8 Å². The highest BCUT2D eigenvalue weighted by molar-refractivity contribution is 5.92. The lowest BCUT2D eigenvalue weighted by atomic mass is 10.1. The van der Waals surface area contributed by atoms with E-state index in [4.69, 9.17) is 0 Å². The average molecular weight is 481 g/mol. The first-order valence-corrected chi connectivity index (χ1v) is 11.8. The molecule has 1 amide bonds. The molecule has 1 aliphatic heterocycles. The smallest absolute Gasteiger partial charge is 0.273 e. The van der Waals surface area contributed by atoms with Crippen LogP contribution in [0.2, 0.25) is 0 Å². The summed E-state index contributed by atoms with van der Waals surface area (Å²) in [5.74, 6) is -3.47. The van der Waals surface area contributed by atoms with Crippen LogP contribution in [0, 0.1) is 32.6 Å². The molecule has 3 aromatic rings. The number of carbonyl (C=O) groups excluding carboxylic acids is 1. The minimum Gasteiger partial charge on any atom is -0.344 e. The van der Waals surface area contributed by atoms with E-state index in [2.05, 4.69) is 30.6 Å². The van der Waals surface area contributed by atoms with Gasteiger partial charge in [-0.05, 0) is 50.8 Å². The maximum Gasteiger partial charge on any atom is 0.273 e. The largest absolute Gasteiger partial charge is 0.344 e. The first-order valence-electron chi connectivity index (χ1n) is 11.8. The van der Waals surface area contributed by atoms with Crippen LogP contribution in [0.15, 0.2) is 18.5 Å². The summed E-state index contributed by atoms with van der Waals surface area (Å²) >= 11 is 0. The van der Waals surface area contributed by atoms with Gasteiger partial charge in [0.05, 0.1) is 30.6 Å². The van der Waals surface area contributed by atoms with E-state index in [-0.39, 0.29) is 17.6 Å². The van der Waals surface area contributed by atoms with Gasteiger partial charge in [-0.1, -0.05) is 5.21 Å². The normalized spacial score (nSPS) is 23.8. The van der Waals surface area contributed by atoms with Crippen molar-refractivity contribution in [2.24, 2.45) is 11.8 Å². The van der Waals surface area contributed by atoms with Gasteiger partial charge < -0.3 is 10.2 Å². The van der Waals surface area contributed by atoms with Crippen molar-refractivity contribution in [3.05, 3.63) is 57.9 Å². The van der Waals surface area contributed by atoms with Crippen LogP contribution >= 0.6 is 0 Å². The van der Waals surface area contributed by atoms with E-state index < -0.39 is 17.8 Å². The number of hydrogen-bond acceptors (Lipinski definition) is 7. The maximum atomic E-state index is 13.5. The number of aromatic nitrogens is 6. The standard InChI is InChI=1S/C24H26F2N8O/c1-12-6-17-16(14(3)28-12)4-5-20(17)30-22(35)21-11-34(32-31-21)8-15-7-27-23(29-13(15)2)33-9-18-19(10-33)24(18,25)26/h6-7,11,18-20H,4-5,8-10H2,1-3H3,(H,30,35)/t18?,19?,20-/m1/s1. The second-order valence-electron chi connectivity index (χ2n) is 9.86. The molecule has 9 nitrogen and oxygen atoms in total. The summed E-state index contributed by atoms with van der Waals surface area (Å²) in [7, 11) is 0. The molecule has 2 unspecified atom stereocenters. The molecule has 4 heterocycles. The van der Waals surface area contributed by atoms with E-state index in [0.29, 0.717) is 25.6 Å². The number of halogens is 2. The fourth-order valence-corrected chi connectivity index (χ4v) is 5.46. The van der Waals surface area contributed by atoms with Crippen molar-refractivity contribution >= 4 is 11.9 Å². The van der Waals surface area contributed by atoms with Crippen molar-refractivity contribution in [2.45, 2.75) is 52.1 Å². The molecule has 6 rings (SSSR count). The molecular weight excluding hydrogens is 454 g/mol. The van der Waals surface area contributed by atoms with Crippen LogP contribution in [-0.2, 0) is 13.0 Å². The molecule has 1 N–H and O–H groups in total. The number of carbonyl (C=O) groups is 1. The third kappa shape index (κ3) is 3.73. The zero-order valence-electron chi connectivity index (χ0n) is 19.8. The van der Waals surface area contributed by atoms with E-state index in [0.717, 1.165) is 41.1 Å². The molecule has 1 saturated carbocycles. The Kier molecular flexibility index (Phi) is 4.87. The molecule has 2 aliphatic carbocycles. The van der Waals surface area contributed by atoms with E-state index >= 15 is 0 Å². The van der Waals surface area contributed by atoms with Gasteiger partial charge in [-0.2, -0.15) is 0 Å². The predicted octanol–water partition coefficient (Wildman–Crippen LogP) is 2.56. The minimum absolute atomic E-state index is 0.0668. The van der Waals surface area contributed by atoms with Crippen molar-refractivity contribution in [1.82, 2.24) is 35.3 Å². The summed E-state index contributed by atoms with van der Waals surface area (Å²) in [6, 6.07) is 1.98. The Morgan fingerprint density at radius 2 is 1.94 bits per heavy atom. The van der Waals surface area contributed by atoms with E-state index in [1.807, 2.05) is 31.7 Å². The van der Waals surface area contributed by atoms with Gasteiger partial charge in [-0.3, -0.25) is 9.78 Å². The number of fused-ring (bicyclic) bond motifs is 2. The van der Waals surface area contributed by atoms with E-state index in [9.17, 15) is 13.6 Å². The Labute approximate surface area is 201 Å². The second-order valence-corrected chi connectivity index (χ2v) is 9.86. The molecule has 2 fully saturated rings. The second kappa shape index (κ2) is 7.76. The fourth-order valence-electron chi connectivity index (χ4n) is 5.46. The van der Waals surface area contributed by atoms with Crippen LogP contribution in [0.3, 0.4) is 0 Å². The topological polar surface area (TPSA) is 102 Å². The van der Waals surface area contributed by atoms with Gasteiger partial charge in [0.2, 0.25) is 5.95 Å². The van der Waals surface area contributed by atoms with Gasteiger partial charge in [0.1, 0.15) is 0 Å². The van der Waals surface area contributed by atoms with Crippen molar-refractivity contribution in [1.29, 1.82) is 0 Å². The highest BCUT2D eigenvalue weighted by Crippen LogP contribution is 2.59. The van der Waals surface area contributed by atoms with E-state index in [1.165, 1.54) is 5.56 Å². The van der Waals surface area contributed by atoms with Crippen molar-refractivity contribution < 1.29 is 13.6 Å². The summed E-state index contributed by atoms with van der Waals surface area (Å²) < 4.78 is 28.5. The highest BCUT2D eigenvalue weighted by Gasteiger charge is 2.72. The van der Waals surface area contributed by atoms with E-state index in [1.54, 1.807) is 17.1 Å². The van der Waals surface area contributed by atoms with Gasteiger partial charge in [-0.15, -0.1) is 5.10 Å². The number of piperidine rings is 1. The Balaban J connectivity index is 1.11. The molecule has 3 aromatic heterocycles. The molecule has 3 aliphatic rings. The molecule has 3 atom stereocenters. The fraction of sp³-hybridized carbons (Fsp3) is 0.500. The number of hydrogen-bond donors (Lipinski definition) is 1. The molecule has 0 radical (unpaired) electrons. The quantitative estimate of drug-likeness (QED) is 0.599. The highest BCUT2D eigenvalue weighted by atomic mass is 19.3. The Morgan fingerprint density at radius 3 is 2.69 bits per heavy atom. The number of anilines is 1. The summed E-state index contributed by atoms with van der Waals surface area (Å²) in [4.78, 5) is 28.1. The first-order chi connectivity index (χ1) is 16.7. The van der Waals surface area contributed by atoms with Crippen LogP contribution in [0.1, 0.15) is 56.7 Å². The summed E-state index contributed by atoms with van der Waals surface area (Å²) in [5.41, 5.74) is 6.11. The average Bonchev–Trinajstić information content (AvgIpc) is 3.36. The monoisotopic (exact) mass is 480 g/mol. The van der Waals surface area contributed by atoms with Gasteiger partial charge in [0, 0.05) is 41.9 Å². The van der Waals surface area contributed by atoms with Crippen molar-refractivity contribution in [3.8, 4) is 0 Å². The van der Waals surface area contributed by atoms with Crippen LogP contribution in [-0.4, -0.2) is 54.9 Å². The first kappa shape index (κ1) is 22.0. The lowest BCUT2D eigenvalue weighted by molar-refractivity contribution is 0.0795. The molecule has 0 spiro atoms. The predicted molar refractivity (Wildman–Crippen MR) is 122 cm³/mol. The number of alkyl halides is 2. The van der Waals surface area contributed by atoms with Gasteiger partial charge >= 0.3 is 0 Å². The van der Waals surface area contributed by atoms with Crippen LogP contribution in [0.25, 0.3) is 0 Å². The molecule has 1 saturated heterocycles. The van der Waals surface area contributed by atoms with Crippen molar-refractivity contribution in [3.63, 3.8) is 0 Å². The summed E-state index contributed by atoms with van der Waals surface area (Å²) in [6.45, 7) is 6.75. The molecular formula is C24H26F2N8O. The molecule has 11 heteroatoms. The Hall–Kier alpha value is -3.50. The third-order valence-electron chi connectivity index (χ3n) is 7.51. The summed E-state index contributed by atoms with van der Waals surface area (Å²) in [5, 5.41) is 11.2. The number of pyridine rings is 1. The Bertz CT molecular complexity index is 1330. The molecule has 182 valence electrons. The zero-order chi connectivity index (χ0) is 24.5. The number of amides is 1. The molecule has 0 bridgehead atoms. The number of nitrogens with one attached hydrogen (secondary N) is 1. The van der Waals surface area contributed by atoms with Crippen LogP contribution in [0.5, 0.6) is 0 Å². The van der Waals surface area contributed by atoms with Crippen LogP contribution in [0.4, 0.5) is 14.7 Å². The molecule has 35 heavy (non-hydrogen) atoms. The van der Waals surface area contributed by atoms with Gasteiger partial charge in [-0.25, -0.2) is 23.4 Å². The van der Waals surface area contributed by atoms with Crippen LogP contribution < -0.4 is 10.2 Å². The van der Waals surface area contributed by atoms with Gasteiger partial charge in [0.15, 0.2) is 5.69 Å². The number of nitrogens with zero attached hydrogens (tertiary/aromatic N) is 7. The lowest BCUT2D eigenvalue weighted by Crippen LogP contribution is -2.29. The molecule has 0 aromatic carbocycles. The maximum absolute atomic E-state index is 13.5. The third-order valence-corrected chi connectivity index (χ3v) is 7.51.